The van der Waals surface area contributed by atoms with Crippen molar-refractivity contribution in [2.75, 3.05) is 0 Å². The summed E-state index contributed by atoms with van der Waals surface area (Å²) in [5.74, 6) is -0.696. The highest BCUT2D eigenvalue weighted by Crippen LogP contribution is 2.30. The normalized spacial score (nSPS) is 11.4. The Hall–Kier alpha value is -2.74. The molecule has 0 saturated carbocycles. The largest absolute Gasteiger partial charge is 0.478 e. The van der Waals surface area contributed by atoms with Gasteiger partial charge in [0.2, 0.25) is 0 Å². The number of fused-ring (bicyclic) bond motifs is 3. The molecular formula is C15H10BrN5O2. The fourth-order valence-electron chi connectivity index (χ4n) is 2.46. The van der Waals surface area contributed by atoms with Gasteiger partial charge < -0.3 is 10.1 Å². The van der Waals surface area contributed by atoms with E-state index in [-0.39, 0.29) is 5.56 Å². The molecule has 0 fully saturated rings. The number of nitrogens with one attached hydrogen (secondary N) is 1. The van der Waals surface area contributed by atoms with Crippen LogP contribution in [0.3, 0.4) is 0 Å². The molecule has 1 aromatic carbocycles. The molecule has 0 unspecified atom stereocenters. The van der Waals surface area contributed by atoms with Crippen LogP contribution in [-0.4, -0.2) is 35.8 Å². The number of rotatable bonds is 2. The summed E-state index contributed by atoms with van der Waals surface area (Å²) in [5, 5.41) is 13.9. The minimum atomic E-state index is -1.04. The maximum Gasteiger partial charge on any atom is 0.338 e. The minimum absolute atomic E-state index is 0.0915. The van der Waals surface area contributed by atoms with E-state index < -0.39 is 5.97 Å². The number of pyridine rings is 1. The predicted molar refractivity (Wildman–Crippen MR) is 87.9 cm³/mol. The summed E-state index contributed by atoms with van der Waals surface area (Å²) in [7, 11) is 0. The predicted octanol–water partition coefficient (Wildman–Crippen LogP) is 3.07. The van der Waals surface area contributed by atoms with Crippen molar-refractivity contribution >= 4 is 43.8 Å². The molecule has 3 aromatic heterocycles. The molecule has 4 rings (SSSR count). The number of aromatic carboxylic acids is 1. The third-order valence-electron chi connectivity index (χ3n) is 3.56. The molecule has 23 heavy (non-hydrogen) atoms. The Morgan fingerprint density at radius 3 is 2.91 bits per heavy atom. The average molecular weight is 372 g/mol. The fourth-order valence-corrected chi connectivity index (χ4v) is 2.99. The van der Waals surface area contributed by atoms with Gasteiger partial charge >= 0.3 is 5.97 Å². The van der Waals surface area contributed by atoms with Gasteiger partial charge in [-0.1, -0.05) is 0 Å². The van der Waals surface area contributed by atoms with Crippen LogP contribution >= 0.6 is 15.9 Å². The lowest BCUT2D eigenvalue weighted by Gasteiger charge is -2.03. The highest BCUT2D eigenvalue weighted by atomic mass is 79.9. The first kappa shape index (κ1) is 13.9. The molecule has 0 spiro atoms. The third kappa shape index (κ3) is 2.18. The summed E-state index contributed by atoms with van der Waals surface area (Å²) in [6, 6.07) is 5.84. The first-order valence-corrected chi connectivity index (χ1v) is 7.56. The van der Waals surface area contributed by atoms with Crippen molar-refractivity contribution in [3.8, 4) is 5.95 Å². The zero-order valence-electron chi connectivity index (χ0n) is 11.9. The monoisotopic (exact) mass is 371 g/mol. The lowest BCUT2D eigenvalue weighted by atomic mass is 10.1. The number of carboxylic acids is 1. The van der Waals surface area contributed by atoms with E-state index in [9.17, 15) is 4.79 Å². The minimum Gasteiger partial charge on any atom is -0.478 e. The Balaban J connectivity index is 1.96. The van der Waals surface area contributed by atoms with Crippen LogP contribution in [0.5, 0.6) is 0 Å². The first-order valence-electron chi connectivity index (χ1n) is 6.77. The van der Waals surface area contributed by atoms with Gasteiger partial charge in [-0.3, -0.25) is 0 Å². The molecule has 0 radical (unpaired) electrons. The van der Waals surface area contributed by atoms with Crippen molar-refractivity contribution in [1.82, 2.24) is 24.7 Å². The zero-order valence-corrected chi connectivity index (χ0v) is 13.5. The number of carbonyl (C=O) groups is 1. The maximum absolute atomic E-state index is 11.0. The van der Waals surface area contributed by atoms with Gasteiger partial charge in [0.25, 0.3) is 5.95 Å². The molecule has 0 atom stereocenters. The molecule has 2 N–H and O–H groups in total. The molecule has 0 aliphatic heterocycles. The number of carboxylic acid groups (broad SMARTS) is 1. The molecule has 0 amide bonds. The summed E-state index contributed by atoms with van der Waals surface area (Å²) in [6.45, 7) is 1.98. The Bertz CT molecular complexity index is 1080. The van der Waals surface area contributed by atoms with Crippen LogP contribution in [0, 0.1) is 6.92 Å². The van der Waals surface area contributed by atoms with Crippen molar-refractivity contribution in [2.45, 2.75) is 6.92 Å². The van der Waals surface area contributed by atoms with Crippen molar-refractivity contribution in [2.24, 2.45) is 0 Å². The van der Waals surface area contributed by atoms with Crippen LogP contribution in [0.2, 0.25) is 0 Å². The van der Waals surface area contributed by atoms with E-state index in [1.165, 1.54) is 17.1 Å². The number of halogens is 1. The summed E-state index contributed by atoms with van der Waals surface area (Å²) in [5.41, 5.74) is 3.52. The molecule has 0 aliphatic rings. The van der Waals surface area contributed by atoms with Gasteiger partial charge in [-0.2, -0.15) is 5.10 Å². The Kier molecular flexibility index (Phi) is 2.95. The van der Waals surface area contributed by atoms with E-state index in [1.54, 1.807) is 0 Å². The van der Waals surface area contributed by atoms with Gasteiger partial charge in [0.15, 0.2) is 0 Å². The smallest absolute Gasteiger partial charge is 0.338 e. The Labute approximate surface area is 138 Å². The summed E-state index contributed by atoms with van der Waals surface area (Å²) in [6.07, 6.45) is 2.67. The number of aromatic nitrogens is 5. The zero-order chi connectivity index (χ0) is 16.1. The van der Waals surface area contributed by atoms with E-state index in [0.717, 1.165) is 26.6 Å². The van der Waals surface area contributed by atoms with Crippen LogP contribution in [0.15, 0.2) is 35.1 Å². The second-order valence-electron chi connectivity index (χ2n) is 5.16. The van der Waals surface area contributed by atoms with Crippen LogP contribution < -0.4 is 0 Å². The lowest BCUT2D eigenvalue weighted by molar-refractivity contribution is 0.0697. The molecule has 0 bridgehead atoms. The van der Waals surface area contributed by atoms with E-state index >= 15 is 0 Å². The second-order valence-corrected chi connectivity index (χ2v) is 6.01. The number of hydrogen-bond acceptors (Lipinski definition) is 4. The van der Waals surface area contributed by atoms with Gasteiger partial charge in [-0.25, -0.2) is 19.4 Å². The molecule has 3 heterocycles. The highest BCUT2D eigenvalue weighted by Gasteiger charge is 2.14. The summed E-state index contributed by atoms with van der Waals surface area (Å²) in [4.78, 5) is 23.2. The number of aryl methyl sites for hydroxylation is 1. The Morgan fingerprint density at radius 1 is 1.35 bits per heavy atom. The third-order valence-corrected chi connectivity index (χ3v) is 4.18. The fraction of sp³-hybridized carbons (Fsp3) is 0.0667. The number of nitrogens with zero attached hydrogens (tertiary/aromatic N) is 4. The molecule has 114 valence electrons. The van der Waals surface area contributed by atoms with Gasteiger partial charge in [0.05, 0.1) is 22.8 Å². The highest BCUT2D eigenvalue weighted by molar-refractivity contribution is 9.10. The standard InChI is InChI=1S/C15H10BrN5O2/c1-7-2-3-9-12(18-7)10(16)4-11-13(9)20-15(19-11)21-6-8(5-17-21)14(22)23/h2-6,18H,1H3,(H,22,23). The van der Waals surface area contributed by atoms with Gasteiger partial charge in [0.1, 0.15) is 5.52 Å². The van der Waals surface area contributed by atoms with Crippen molar-refractivity contribution < 1.29 is 9.90 Å². The SMILES string of the molecule is Cc1ccc2c([nH]1)c(Br)cc1nc(-n3cc(C(=O)O)cn3)nc12. The number of aromatic amines is 1. The van der Waals surface area contributed by atoms with Crippen LogP contribution in [0.1, 0.15) is 16.1 Å². The number of imidazole rings is 1. The maximum atomic E-state index is 11.0. The quantitative estimate of drug-likeness (QED) is 0.564. The van der Waals surface area contributed by atoms with E-state index in [1.807, 2.05) is 25.1 Å². The van der Waals surface area contributed by atoms with Gasteiger partial charge in [0, 0.05) is 21.7 Å². The average Bonchev–Trinajstić information content (AvgIpc) is 3.13. The molecular weight excluding hydrogens is 362 g/mol. The molecule has 8 heteroatoms. The molecule has 0 saturated heterocycles. The van der Waals surface area contributed by atoms with Crippen molar-refractivity contribution in [3.05, 3.63) is 46.3 Å². The van der Waals surface area contributed by atoms with E-state index in [0.29, 0.717) is 11.5 Å². The first-order chi connectivity index (χ1) is 11.0. The summed E-state index contributed by atoms with van der Waals surface area (Å²) < 4.78 is 2.25. The number of benzene rings is 1. The van der Waals surface area contributed by atoms with Crippen molar-refractivity contribution in [3.63, 3.8) is 0 Å². The molecule has 7 nitrogen and oxygen atoms in total. The summed E-state index contributed by atoms with van der Waals surface area (Å²) >= 11 is 3.54. The topological polar surface area (TPSA) is 96.7 Å². The van der Waals surface area contributed by atoms with E-state index in [4.69, 9.17) is 5.11 Å². The second kappa shape index (κ2) is 4.88. The van der Waals surface area contributed by atoms with Gasteiger partial charge in [-0.05, 0) is 41.1 Å². The van der Waals surface area contributed by atoms with Gasteiger partial charge in [-0.15, -0.1) is 0 Å². The van der Waals surface area contributed by atoms with Crippen LogP contribution in [-0.2, 0) is 0 Å². The van der Waals surface area contributed by atoms with Crippen LogP contribution in [0.25, 0.3) is 27.9 Å². The lowest BCUT2D eigenvalue weighted by Crippen LogP contribution is -1.97. The number of hydrogen-bond donors (Lipinski definition) is 2. The van der Waals surface area contributed by atoms with Crippen LogP contribution in [0.4, 0.5) is 0 Å². The van der Waals surface area contributed by atoms with Crippen molar-refractivity contribution in [1.29, 1.82) is 0 Å². The number of H-pyrrole nitrogens is 1. The van der Waals surface area contributed by atoms with E-state index in [2.05, 4.69) is 36.0 Å². The molecule has 4 aromatic rings. The Morgan fingerprint density at radius 2 is 2.17 bits per heavy atom. The molecule has 0 aliphatic carbocycles.